The van der Waals surface area contributed by atoms with E-state index in [0.29, 0.717) is 16.7 Å². The SMILES string of the molecule is COC(=O)Oc1ccsc1N(C(=O)[C@H]1CC[C@H](C)CC1)C(C)C. The molecule has 1 fully saturated rings. The highest BCUT2D eigenvalue weighted by Crippen LogP contribution is 2.39. The van der Waals surface area contributed by atoms with E-state index in [-0.39, 0.29) is 17.9 Å². The van der Waals surface area contributed by atoms with Gasteiger partial charge in [-0.2, -0.15) is 0 Å². The van der Waals surface area contributed by atoms with Gasteiger partial charge < -0.3 is 9.47 Å². The predicted octanol–water partition coefficient (Wildman–Crippen LogP) is 4.46. The van der Waals surface area contributed by atoms with Gasteiger partial charge in [0.1, 0.15) is 5.00 Å². The van der Waals surface area contributed by atoms with E-state index in [4.69, 9.17) is 4.74 Å². The van der Waals surface area contributed by atoms with Gasteiger partial charge in [-0.25, -0.2) is 4.79 Å². The lowest BCUT2D eigenvalue weighted by Gasteiger charge is -2.33. The Morgan fingerprint density at radius 1 is 1.26 bits per heavy atom. The van der Waals surface area contributed by atoms with Crippen LogP contribution in [0.1, 0.15) is 46.5 Å². The Hall–Kier alpha value is -1.56. The molecular weight excluding hydrogens is 314 g/mol. The summed E-state index contributed by atoms with van der Waals surface area (Å²) in [5.41, 5.74) is 0. The molecule has 1 aromatic heterocycles. The van der Waals surface area contributed by atoms with Crippen LogP contribution in [0.3, 0.4) is 0 Å². The second-order valence-electron chi connectivity index (χ2n) is 6.40. The topological polar surface area (TPSA) is 55.8 Å². The number of hydrogen-bond acceptors (Lipinski definition) is 5. The molecule has 6 heteroatoms. The summed E-state index contributed by atoms with van der Waals surface area (Å²) in [6.07, 6.45) is 3.28. The first kappa shape index (κ1) is 17.8. The molecule has 0 aliphatic heterocycles. The van der Waals surface area contributed by atoms with Crippen LogP contribution in [-0.4, -0.2) is 25.2 Å². The van der Waals surface area contributed by atoms with E-state index in [2.05, 4.69) is 11.7 Å². The third-order valence-electron chi connectivity index (χ3n) is 4.31. The van der Waals surface area contributed by atoms with Crippen molar-refractivity contribution < 1.29 is 19.1 Å². The minimum Gasteiger partial charge on any atom is -0.437 e. The van der Waals surface area contributed by atoms with Crippen molar-refractivity contribution in [2.45, 2.75) is 52.5 Å². The Labute approximate surface area is 141 Å². The number of carbonyl (C=O) groups excluding carboxylic acids is 2. The summed E-state index contributed by atoms with van der Waals surface area (Å²) in [5, 5.41) is 2.49. The molecule has 0 aromatic carbocycles. The molecule has 0 atom stereocenters. The molecule has 1 saturated carbocycles. The summed E-state index contributed by atoms with van der Waals surface area (Å²) in [5.74, 6) is 1.27. The lowest BCUT2D eigenvalue weighted by atomic mass is 9.82. The average Bonchev–Trinajstić information content (AvgIpc) is 2.95. The maximum absolute atomic E-state index is 13.0. The molecule has 1 aliphatic rings. The zero-order valence-corrected chi connectivity index (χ0v) is 15.0. The van der Waals surface area contributed by atoms with Crippen LogP contribution in [0.2, 0.25) is 0 Å². The second-order valence-corrected chi connectivity index (χ2v) is 7.30. The maximum Gasteiger partial charge on any atom is 0.513 e. The van der Waals surface area contributed by atoms with Gasteiger partial charge in [-0.1, -0.05) is 6.92 Å². The van der Waals surface area contributed by atoms with Crippen molar-refractivity contribution in [3.63, 3.8) is 0 Å². The lowest BCUT2D eigenvalue weighted by Crippen LogP contribution is -2.42. The Morgan fingerprint density at radius 3 is 2.48 bits per heavy atom. The fourth-order valence-electron chi connectivity index (χ4n) is 2.97. The monoisotopic (exact) mass is 339 g/mol. The van der Waals surface area contributed by atoms with Crippen molar-refractivity contribution in [3.8, 4) is 5.75 Å². The smallest absolute Gasteiger partial charge is 0.437 e. The van der Waals surface area contributed by atoms with E-state index in [1.165, 1.54) is 18.4 Å². The molecule has 0 saturated heterocycles. The number of amides is 1. The standard InChI is InChI=1S/C17H25NO4S/c1-11(2)18(15(19)13-7-5-12(3)6-8-13)16-14(9-10-23-16)22-17(20)21-4/h9-13H,5-8H2,1-4H3/t12-,13-. The molecule has 0 unspecified atom stereocenters. The molecule has 1 aromatic rings. The van der Waals surface area contributed by atoms with E-state index in [1.54, 1.807) is 11.0 Å². The highest BCUT2D eigenvalue weighted by molar-refractivity contribution is 7.14. The summed E-state index contributed by atoms with van der Waals surface area (Å²) in [6, 6.07) is 1.70. The molecule has 1 heterocycles. The molecule has 0 radical (unpaired) electrons. The summed E-state index contributed by atoms with van der Waals surface area (Å²) >= 11 is 1.40. The van der Waals surface area contributed by atoms with Crippen LogP contribution >= 0.6 is 11.3 Å². The van der Waals surface area contributed by atoms with Crippen molar-refractivity contribution >= 4 is 28.4 Å². The fraction of sp³-hybridized carbons (Fsp3) is 0.647. The van der Waals surface area contributed by atoms with Gasteiger partial charge in [0.2, 0.25) is 5.91 Å². The van der Waals surface area contributed by atoms with Gasteiger partial charge in [-0.05, 0) is 56.9 Å². The van der Waals surface area contributed by atoms with Crippen molar-refractivity contribution in [3.05, 3.63) is 11.4 Å². The summed E-state index contributed by atoms with van der Waals surface area (Å²) in [4.78, 5) is 26.2. The molecule has 0 bridgehead atoms. The number of hydrogen-bond donors (Lipinski definition) is 0. The second kappa shape index (κ2) is 7.81. The van der Waals surface area contributed by atoms with Crippen LogP contribution in [0.15, 0.2) is 11.4 Å². The number of methoxy groups -OCH3 is 1. The van der Waals surface area contributed by atoms with Crippen LogP contribution < -0.4 is 9.64 Å². The number of ether oxygens (including phenoxy) is 2. The van der Waals surface area contributed by atoms with Gasteiger partial charge in [0.25, 0.3) is 0 Å². The number of rotatable bonds is 4. The highest BCUT2D eigenvalue weighted by Gasteiger charge is 2.32. The minimum atomic E-state index is -0.771. The van der Waals surface area contributed by atoms with Crippen LogP contribution in [0, 0.1) is 11.8 Å². The maximum atomic E-state index is 13.0. The predicted molar refractivity (Wildman–Crippen MR) is 91.1 cm³/mol. The first-order chi connectivity index (χ1) is 10.9. The van der Waals surface area contributed by atoms with Gasteiger partial charge >= 0.3 is 6.16 Å². The van der Waals surface area contributed by atoms with E-state index in [0.717, 1.165) is 25.7 Å². The molecule has 1 aliphatic carbocycles. The molecule has 5 nitrogen and oxygen atoms in total. The zero-order valence-electron chi connectivity index (χ0n) is 14.2. The number of thiophene rings is 1. The van der Waals surface area contributed by atoms with E-state index in [9.17, 15) is 9.59 Å². The Balaban J connectivity index is 2.20. The van der Waals surface area contributed by atoms with Crippen molar-refractivity contribution in [2.24, 2.45) is 11.8 Å². The van der Waals surface area contributed by atoms with Gasteiger partial charge in [-0.3, -0.25) is 9.69 Å². The number of anilines is 1. The largest absolute Gasteiger partial charge is 0.513 e. The molecule has 23 heavy (non-hydrogen) atoms. The summed E-state index contributed by atoms with van der Waals surface area (Å²) < 4.78 is 9.72. The van der Waals surface area contributed by atoms with E-state index >= 15 is 0 Å². The van der Waals surface area contributed by atoms with Gasteiger partial charge in [-0.15, -0.1) is 11.3 Å². The normalized spacial score (nSPS) is 21.1. The first-order valence-corrected chi connectivity index (χ1v) is 8.98. The molecule has 2 rings (SSSR count). The molecule has 1 amide bonds. The Kier molecular flexibility index (Phi) is 6.04. The lowest BCUT2D eigenvalue weighted by molar-refractivity contribution is -0.123. The molecule has 128 valence electrons. The Bertz CT molecular complexity index is 547. The minimum absolute atomic E-state index is 0.000460. The highest BCUT2D eigenvalue weighted by atomic mass is 32.1. The summed E-state index contributed by atoms with van der Waals surface area (Å²) in [7, 11) is 1.27. The quantitative estimate of drug-likeness (QED) is 0.760. The molecule has 0 spiro atoms. The van der Waals surface area contributed by atoms with Crippen LogP contribution in [-0.2, 0) is 9.53 Å². The molecular formula is C17H25NO4S. The van der Waals surface area contributed by atoms with Crippen LogP contribution in [0.4, 0.5) is 9.80 Å². The third kappa shape index (κ3) is 4.25. The van der Waals surface area contributed by atoms with Crippen molar-refractivity contribution in [1.29, 1.82) is 0 Å². The Morgan fingerprint density at radius 2 is 1.91 bits per heavy atom. The number of nitrogens with zero attached hydrogens (tertiary/aromatic N) is 1. The van der Waals surface area contributed by atoms with Crippen LogP contribution in [0.25, 0.3) is 0 Å². The van der Waals surface area contributed by atoms with E-state index in [1.807, 2.05) is 19.2 Å². The van der Waals surface area contributed by atoms with E-state index < -0.39 is 6.16 Å². The van der Waals surface area contributed by atoms with Crippen molar-refractivity contribution in [2.75, 3.05) is 12.0 Å². The molecule has 0 N–H and O–H groups in total. The zero-order chi connectivity index (χ0) is 17.0. The van der Waals surface area contributed by atoms with Gasteiger partial charge in [0, 0.05) is 12.0 Å². The van der Waals surface area contributed by atoms with Gasteiger partial charge in [0.05, 0.1) is 7.11 Å². The van der Waals surface area contributed by atoms with Crippen LogP contribution in [0.5, 0.6) is 5.75 Å². The first-order valence-electron chi connectivity index (χ1n) is 8.10. The van der Waals surface area contributed by atoms with Crippen molar-refractivity contribution in [1.82, 2.24) is 0 Å². The average molecular weight is 339 g/mol. The van der Waals surface area contributed by atoms with Gasteiger partial charge in [0.15, 0.2) is 5.75 Å². The number of carbonyl (C=O) groups is 2. The summed E-state index contributed by atoms with van der Waals surface area (Å²) in [6.45, 7) is 6.19. The fourth-order valence-corrected chi connectivity index (χ4v) is 3.93. The third-order valence-corrected chi connectivity index (χ3v) is 5.20.